The van der Waals surface area contributed by atoms with Crippen molar-refractivity contribution < 1.29 is 14.3 Å². The second-order valence-corrected chi connectivity index (χ2v) is 6.20. The number of hydrogen-bond donors (Lipinski definition) is 0. The summed E-state index contributed by atoms with van der Waals surface area (Å²) in [5, 5.41) is 8.25. The molecule has 0 N–H and O–H groups in total. The highest BCUT2D eigenvalue weighted by Gasteiger charge is 2.28. The van der Waals surface area contributed by atoms with E-state index in [2.05, 4.69) is 14.8 Å². The number of rotatable bonds is 2. The largest absolute Gasteiger partial charge is 0.486 e. The van der Waals surface area contributed by atoms with E-state index in [4.69, 9.17) is 9.47 Å². The van der Waals surface area contributed by atoms with Gasteiger partial charge in [-0.3, -0.25) is 4.79 Å². The number of aromatic nitrogens is 3. The minimum atomic E-state index is -0.239. The Balaban J connectivity index is 1.52. The number of amides is 1. The lowest BCUT2D eigenvalue weighted by Gasteiger charge is -2.30. The van der Waals surface area contributed by atoms with Crippen LogP contribution < -0.4 is 9.47 Å². The zero-order chi connectivity index (χ0) is 16.7. The van der Waals surface area contributed by atoms with Gasteiger partial charge in [0.25, 0.3) is 0 Å². The number of benzene rings is 1. The molecule has 7 nitrogen and oxygen atoms in total. The smallest absolute Gasteiger partial charge is 0.230 e. The van der Waals surface area contributed by atoms with Crippen molar-refractivity contribution in [1.82, 2.24) is 19.7 Å². The van der Waals surface area contributed by atoms with Gasteiger partial charge in [-0.25, -0.2) is 0 Å². The predicted molar refractivity (Wildman–Crippen MR) is 86.0 cm³/mol. The molecule has 1 amide bonds. The van der Waals surface area contributed by atoms with E-state index in [1.165, 1.54) is 0 Å². The van der Waals surface area contributed by atoms with Crippen LogP contribution in [0.1, 0.15) is 30.1 Å². The fourth-order valence-electron chi connectivity index (χ4n) is 3.24. The molecule has 4 rings (SSSR count). The lowest BCUT2D eigenvalue weighted by molar-refractivity contribution is -0.134. The van der Waals surface area contributed by atoms with Crippen molar-refractivity contribution in [3.05, 3.63) is 35.4 Å². The van der Waals surface area contributed by atoms with Crippen molar-refractivity contribution in [3.63, 3.8) is 0 Å². The number of hydrogen-bond acceptors (Lipinski definition) is 5. The van der Waals surface area contributed by atoms with Crippen LogP contribution in [0.5, 0.6) is 11.5 Å². The summed E-state index contributed by atoms with van der Waals surface area (Å²) in [4.78, 5) is 14.7. The van der Waals surface area contributed by atoms with Gasteiger partial charge in [0.15, 0.2) is 17.3 Å². The third kappa shape index (κ3) is 2.50. The summed E-state index contributed by atoms with van der Waals surface area (Å²) >= 11 is 0. The molecular formula is C17H20N4O3. The molecule has 0 saturated carbocycles. The van der Waals surface area contributed by atoms with Crippen molar-refractivity contribution in [2.45, 2.75) is 32.9 Å². The van der Waals surface area contributed by atoms with Crippen molar-refractivity contribution in [2.24, 2.45) is 0 Å². The number of ether oxygens (including phenoxy) is 2. The van der Waals surface area contributed by atoms with Crippen LogP contribution in [0.15, 0.2) is 18.2 Å². The van der Waals surface area contributed by atoms with E-state index in [1.54, 1.807) is 0 Å². The second kappa shape index (κ2) is 5.81. The van der Waals surface area contributed by atoms with Crippen LogP contribution in [-0.2, 0) is 17.9 Å². The third-order valence-corrected chi connectivity index (χ3v) is 4.69. The fourth-order valence-corrected chi connectivity index (χ4v) is 3.24. The van der Waals surface area contributed by atoms with Crippen molar-refractivity contribution >= 4 is 5.91 Å². The molecule has 0 saturated heterocycles. The summed E-state index contributed by atoms with van der Waals surface area (Å²) in [6, 6.07) is 5.73. The standard InChI is InChI=1S/C17H20N4O3/c1-11(13-3-4-14-15(9-13)24-8-7-23-14)17(22)20-5-6-21-12(2)18-19-16(21)10-20/h3-4,9,11H,5-8,10H2,1-2H3. The highest BCUT2D eigenvalue weighted by Crippen LogP contribution is 2.33. The Kier molecular flexibility index (Phi) is 3.63. The maximum atomic E-state index is 12.9. The van der Waals surface area contributed by atoms with Gasteiger partial charge in [-0.1, -0.05) is 6.07 Å². The molecule has 1 aromatic carbocycles. The highest BCUT2D eigenvalue weighted by atomic mass is 16.6. The van der Waals surface area contributed by atoms with Gasteiger partial charge < -0.3 is 18.9 Å². The molecule has 3 heterocycles. The third-order valence-electron chi connectivity index (χ3n) is 4.69. The molecule has 1 atom stereocenters. The van der Waals surface area contributed by atoms with E-state index >= 15 is 0 Å². The molecule has 0 aliphatic carbocycles. The van der Waals surface area contributed by atoms with Crippen molar-refractivity contribution in [3.8, 4) is 11.5 Å². The predicted octanol–water partition coefficient (Wildman–Crippen LogP) is 1.50. The first-order chi connectivity index (χ1) is 11.6. The first-order valence-corrected chi connectivity index (χ1v) is 8.20. The van der Waals surface area contributed by atoms with Gasteiger partial charge in [-0.2, -0.15) is 0 Å². The van der Waals surface area contributed by atoms with Crippen LogP contribution >= 0.6 is 0 Å². The molecule has 1 aromatic heterocycles. The van der Waals surface area contributed by atoms with Gasteiger partial charge in [-0.15, -0.1) is 10.2 Å². The molecule has 0 radical (unpaired) electrons. The topological polar surface area (TPSA) is 69.5 Å². The fraction of sp³-hybridized carbons (Fsp3) is 0.471. The molecule has 0 bridgehead atoms. The Morgan fingerprint density at radius 3 is 2.79 bits per heavy atom. The van der Waals surface area contributed by atoms with Gasteiger partial charge >= 0.3 is 0 Å². The molecule has 0 fully saturated rings. The Hall–Kier alpha value is -2.57. The minimum absolute atomic E-state index is 0.0959. The maximum absolute atomic E-state index is 12.9. The molecule has 7 heteroatoms. The first-order valence-electron chi connectivity index (χ1n) is 8.20. The van der Waals surface area contributed by atoms with E-state index in [-0.39, 0.29) is 11.8 Å². The lowest BCUT2D eigenvalue weighted by Crippen LogP contribution is -2.40. The van der Waals surface area contributed by atoms with Gasteiger partial charge in [0.05, 0.1) is 12.5 Å². The number of carbonyl (C=O) groups excluding carboxylic acids is 1. The zero-order valence-corrected chi connectivity index (χ0v) is 13.9. The quantitative estimate of drug-likeness (QED) is 0.836. The van der Waals surface area contributed by atoms with Gasteiger partial charge in [0, 0.05) is 13.1 Å². The Morgan fingerprint density at radius 1 is 1.17 bits per heavy atom. The second-order valence-electron chi connectivity index (χ2n) is 6.20. The Labute approximate surface area is 140 Å². The SMILES string of the molecule is Cc1nnc2n1CCN(C(=O)C(C)c1ccc3c(c1)OCCO3)C2. The van der Waals surface area contributed by atoms with E-state index in [9.17, 15) is 4.79 Å². The first kappa shape index (κ1) is 15.0. The van der Waals surface area contributed by atoms with Gasteiger partial charge in [0.2, 0.25) is 5.91 Å². The number of nitrogens with zero attached hydrogens (tertiary/aromatic N) is 4. The molecule has 2 aliphatic heterocycles. The summed E-state index contributed by atoms with van der Waals surface area (Å²) in [5.74, 6) is 3.06. The number of carbonyl (C=O) groups is 1. The maximum Gasteiger partial charge on any atom is 0.230 e. The van der Waals surface area contributed by atoms with Crippen LogP contribution in [0.3, 0.4) is 0 Å². The summed E-state index contributed by atoms with van der Waals surface area (Å²) in [7, 11) is 0. The highest BCUT2D eigenvalue weighted by molar-refractivity contribution is 5.83. The number of fused-ring (bicyclic) bond motifs is 2. The molecule has 2 aromatic rings. The summed E-state index contributed by atoms with van der Waals surface area (Å²) in [6.07, 6.45) is 0. The van der Waals surface area contributed by atoms with E-state index < -0.39 is 0 Å². The molecule has 24 heavy (non-hydrogen) atoms. The molecule has 126 valence electrons. The average Bonchev–Trinajstić information content (AvgIpc) is 3.00. The molecular weight excluding hydrogens is 308 g/mol. The summed E-state index contributed by atoms with van der Waals surface area (Å²) < 4.78 is 13.2. The lowest BCUT2D eigenvalue weighted by atomic mass is 9.98. The van der Waals surface area contributed by atoms with Gasteiger partial charge in [0.1, 0.15) is 19.0 Å². The monoisotopic (exact) mass is 328 g/mol. The summed E-state index contributed by atoms with van der Waals surface area (Å²) in [6.45, 7) is 6.90. The zero-order valence-electron chi connectivity index (χ0n) is 13.9. The Morgan fingerprint density at radius 2 is 1.96 bits per heavy atom. The van der Waals surface area contributed by atoms with Crippen LogP contribution in [0, 0.1) is 6.92 Å². The molecule has 0 spiro atoms. The van der Waals surface area contributed by atoms with E-state index in [0.717, 1.165) is 29.5 Å². The van der Waals surface area contributed by atoms with Crippen LogP contribution in [-0.4, -0.2) is 45.3 Å². The summed E-state index contributed by atoms with van der Waals surface area (Å²) in [5.41, 5.74) is 0.937. The van der Waals surface area contributed by atoms with Crippen molar-refractivity contribution in [1.29, 1.82) is 0 Å². The minimum Gasteiger partial charge on any atom is -0.486 e. The number of aryl methyl sites for hydroxylation is 1. The molecule has 2 aliphatic rings. The molecule has 1 unspecified atom stereocenters. The average molecular weight is 328 g/mol. The normalized spacial score (nSPS) is 17.3. The van der Waals surface area contributed by atoms with Crippen LogP contribution in [0.2, 0.25) is 0 Å². The Bertz CT molecular complexity index is 786. The van der Waals surface area contributed by atoms with Crippen molar-refractivity contribution in [2.75, 3.05) is 19.8 Å². The van der Waals surface area contributed by atoms with Gasteiger partial charge in [-0.05, 0) is 31.5 Å². The van der Waals surface area contributed by atoms with Crippen LogP contribution in [0.25, 0.3) is 0 Å². The van der Waals surface area contributed by atoms with E-state index in [1.807, 2.05) is 36.9 Å². The van der Waals surface area contributed by atoms with Crippen LogP contribution in [0.4, 0.5) is 0 Å². The van der Waals surface area contributed by atoms with E-state index in [0.29, 0.717) is 32.1 Å².